The van der Waals surface area contributed by atoms with Gasteiger partial charge in [-0.2, -0.15) is 0 Å². The molecule has 0 aromatic carbocycles. The van der Waals surface area contributed by atoms with E-state index in [0.29, 0.717) is 18.1 Å². The van der Waals surface area contributed by atoms with E-state index < -0.39 is 5.97 Å². The average molecular weight is 252 g/mol. The Balaban J connectivity index is 1.72. The molecule has 2 aliphatic heterocycles. The van der Waals surface area contributed by atoms with Crippen molar-refractivity contribution in [1.82, 2.24) is 9.80 Å². The first-order valence-corrected chi connectivity index (χ1v) is 7.39. The van der Waals surface area contributed by atoms with Gasteiger partial charge in [-0.15, -0.1) is 0 Å². The molecule has 0 amide bonds. The van der Waals surface area contributed by atoms with E-state index in [2.05, 4.69) is 16.7 Å². The van der Waals surface area contributed by atoms with Crippen molar-refractivity contribution < 1.29 is 9.90 Å². The number of nitrogens with zero attached hydrogens (tertiary/aromatic N) is 2. The molecule has 1 saturated carbocycles. The summed E-state index contributed by atoms with van der Waals surface area (Å²) in [6.07, 6.45) is 5.65. The summed E-state index contributed by atoms with van der Waals surface area (Å²) in [6.45, 7) is 5.74. The molecule has 3 aliphatic rings. The van der Waals surface area contributed by atoms with Gasteiger partial charge < -0.3 is 5.11 Å². The van der Waals surface area contributed by atoms with Crippen LogP contribution in [0.4, 0.5) is 0 Å². The zero-order chi connectivity index (χ0) is 12.7. The monoisotopic (exact) mass is 252 g/mol. The fourth-order valence-electron chi connectivity index (χ4n) is 4.30. The minimum Gasteiger partial charge on any atom is -0.481 e. The summed E-state index contributed by atoms with van der Waals surface area (Å²) < 4.78 is 0. The molecule has 0 aromatic heterocycles. The van der Waals surface area contributed by atoms with Crippen LogP contribution < -0.4 is 0 Å². The molecule has 3 rings (SSSR count). The van der Waals surface area contributed by atoms with Crippen LogP contribution in [0.25, 0.3) is 0 Å². The Morgan fingerprint density at radius 3 is 2.78 bits per heavy atom. The van der Waals surface area contributed by atoms with Crippen molar-refractivity contribution in [3.8, 4) is 0 Å². The number of fused-ring (bicyclic) bond motifs is 1. The number of carbonyl (C=O) groups is 1. The Morgan fingerprint density at radius 1 is 1.17 bits per heavy atom. The zero-order valence-corrected chi connectivity index (χ0v) is 11.2. The number of rotatable bonds is 2. The van der Waals surface area contributed by atoms with Gasteiger partial charge in [-0.05, 0) is 39.2 Å². The first-order chi connectivity index (χ1) is 8.66. The van der Waals surface area contributed by atoms with E-state index >= 15 is 0 Å². The van der Waals surface area contributed by atoms with Gasteiger partial charge >= 0.3 is 5.97 Å². The fraction of sp³-hybridized carbons (Fsp3) is 0.929. The molecule has 0 aromatic rings. The van der Waals surface area contributed by atoms with E-state index in [1.807, 2.05) is 0 Å². The van der Waals surface area contributed by atoms with Crippen molar-refractivity contribution in [1.29, 1.82) is 0 Å². The second-order valence-electron chi connectivity index (χ2n) is 6.28. The highest BCUT2D eigenvalue weighted by molar-refractivity contribution is 5.71. The lowest BCUT2D eigenvalue weighted by molar-refractivity contribution is -0.144. The van der Waals surface area contributed by atoms with Crippen molar-refractivity contribution in [2.75, 3.05) is 19.6 Å². The zero-order valence-electron chi connectivity index (χ0n) is 11.2. The molecule has 4 heteroatoms. The lowest BCUT2D eigenvalue weighted by Crippen LogP contribution is -2.59. The van der Waals surface area contributed by atoms with Crippen molar-refractivity contribution in [2.45, 2.75) is 57.2 Å². The molecule has 1 N–H and O–H groups in total. The summed E-state index contributed by atoms with van der Waals surface area (Å²) in [5.74, 6) is -0.709. The Hall–Kier alpha value is -0.610. The summed E-state index contributed by atoms with van der Waals surface area (Å²) in [5.41, 5.74) is 0. The van der Waals surface area contributed by atoms with Gasteiger partial charge in [-0.3, -0.25) is 14.6 Å². The molecule has 1 aliphatic carbocycles. The Kier molecular flexibility index (Phi) is 3.32. The highest BCUT2D eigenvalue weighted by Gasteiger charge is 2.43. The third-order valence-corrected chi connectivity index (χ3v) is 5.21. The van der Waals surface area contributed by atoms with E-state index in [-0.39, 0.29) is 5.92 Å². The van der Waals surface area contributed by atoms with E-state index in [0.717, 1.165) is 32.4 Å². The van der Waals surface area contributed by atoms with Crippen molar-refractivity contribution >= 4 is 5.97 Å². The predicted molar refractivity (Wildman–Crippen MR) is 69.5 cm³/mol. The maximum atomic E-state index is 11.4. The maximum absolute atomic E-state index is 11.4. The number of carboxylic acid groups (broad SMARTS) is 1. The summed E-state index contributed by atoms with van der Waals surface area (Å²) in [6, 6.07) is 1.50. The van der Waals surface area contributed by atoms with Crippen LogP contribution >= 0.6 is 0 Å². The quantitative estimate of drug-likeness (QED) is 0.807. The second kappa shape index (κ2) is 4.82. The van der Waals surface area contributed by atoms with Crippen LogP contribution in [0.15, 0.2) is 0 Å². The highest BCUT2D eigenvalue weighted by Crippen LogP contribution is 2.35. The van der Waals surface area contributed by atoms with Gasteiger partial charge in [0.2, 0.25) is 0 Å². The van der Waals surface area contributed by atoms with Crippen LogP contribution in [0.5, 0.6) is 0 Å². The van der Waals surface area contributed by atoms with Gasteiger partial charge in [-0.1, -0.05) is 6.42 Å². The van der Waals surface area contributed by atoms with E-state index in [9.17, 15) is 9.90 Å². The number of piperazine rings is 1. The van der Waals surface area contributed by atoms with Crippen LogP contribution in [0.3, 0.4) is 0 Å². The largest absolute Gasteiger partial charge is 0.481 e. The Labute approximate surface area is 109 Å². The summed E-state index contributed by atoms with van der Waals surface area (Å²) in [5, 5.41) is 9.35. The lowest BCUT2D eigenvalue weighted by Gasteiger charge is -2.46. The SMILES string of the molecule is CC1CN2CCCC2CN1C1CCCC1C(=O)O. The van der Waals surface area contributed by atoms with E-state index in [1.165, 1.54) is 19.4 Å². The molecule has 0 spiro atoms. The summed E-state index contributed by atoms with van der Waals surface area (Å²) in [4.78, 5) is 16.5. The van der Waals surface area contributed by atoms with Gasteiger partial charge in [0, 0.05) is 31.2 Å². The molecule has 3 fully saturated rings. The van der Waals surface area contributed by atoms with Crippen LogP contribution in [0, 0.1) is 5.92 Å². The molecular formula is C14H24N2O2. The van der Waals surface area contributed by atoms with Gasteiger partial charge in [0.15, 0.2) is 0 Å². The number of carboxylic acids is 1. The minimum absolute atomic E-state index is 0.125. The van der Waals surface area contributed by atoms with Crippen molar-refractivity contribution in [2.24, 2.45) is 5.92 Å². The summed E-state index contributed by atoms with van der Waals surface area (Å²) in [7, 11) is 0. The van der Waals surface area contributed by atoms with E-state index in [4.69, 9.17) is 0 Å². The first kappa shape index (κ1) is 12.4. The molecule has 2 saturated heterocycles. The highest BCUT2D eigenvalue weighted by atomic mass is 16.4. The standard InChI is InChI=1S/C14H24N2O2/c1-10-8-15-7-3-4-11(15)9-16(10)13-6-2-5-12(13)14(17)18/h10-13H,2-9H2,1H3,(H,17,18). The minimum atomic E-state index is -0.585. The molecule has 4 nitrogen and oxygen atoms in total. The fourth-order valence-corrected chi connectivity index (χ4v) is 4.30. The molecule has 4 atom stereocenters. The van der Waals surface area contributed by atoms with Gasteiger partial charge in [-0.25, -0.2) is 0 Å². The second-order valence-corrected chi connectivity index (χ2v) is 6.28. The lowest BCUT2D eigenvalue weighted by atomic mass is 9.97. The molecule has 0 radical (unpaired) electrons. The molecular weight excluding hydrogens is 228 g/mol. The van der Waals surface area contributed by atoms with Gasteiger partial charge in [0.25, 0.3) is 0 Å². The van der Waals surface area contributed by atoms with Gasteiger partial charge in [0.1, 0.15) is 0 Å². The third-order valence-electron chi connectivity index (χ3n) is 5.21. The van der Waals surface area contributed by atoms with Crippen molar-refractivity contribution in [3.63, 3.8) is 0 Å². The molecule has 2 heterocycles. The van der Waals surface area contributed by atoms with Crippen LogP contribution in [-0.2, 0) is 4.79 Å². The first-order valence-electron chi connectivity index (χ1n) is 7.39. The summed E-state index contributed by atoms with van der Waals surface area (Å²) >= 11 is 0. The molecule has 18 heavy (non-hydrogen) atoms. The number of hydrogen-bond donors (Lipinski definition) is 1. The number of hydrogen-bond acceptors (Lipinski definition) is 3. The third kappa shape index (κ3) is 2.05. The molecule has 4 unspecified atom stereocenters. The van der Waals surface area contributed by atoms with Gasteiger partial charge in [0.05, 0.1) is 5.92 Å². The smallest absolute Gasteiger partial charge is 0.308 e. The normalized spacial score (nSPS) is 42.1. The average Bonchev–Trinajstić information content (AvgIpc) is 2.94. The van der Waals surface area contributed by atoms with Crippen molar-refractivity contribution in [3.05, 3.63) is 0 Å². The maximum Gasteiger partial charge on any atom is 0.308 e. The van der Waals surface area contributed by atoms with E-state index in [1.54, 1.807) is 0 Å². The van der Waals surface area contributed by atoms with Crippen LogP contribution in [0.2, 0.25) is 0 Å². The Morgan fingerprint density at radius 2 is 2.00 bits per heavy atom. The Bertz CT molecular complexity index is 334. The molecule has 0 bridgehead atoms. The van der Waals surface area contributed by atoms with Crippen LogP contribution in [0.1, 0.15) is 39.0 Å². The topological polar surface area (TPSA) is 43.8 Å². The number of aliphatic carboxylic acids is 1. The predicted octanol–water partition coefficient (Wildman–Crippen LogP) is 1.41. The molecule has 102 valence electrons. The van der Waals surface area contributed by atoms with Crippen LogP contribution in [-0.4, -0.2) is 58.6 Å².